The van der Waals surface area contributed by atoms with Crippen LogP contribution in [0.2, 0.25) is 0 Å². The van der Waals surface area contributed by atoms with Crippen LogP contribution in [-0.4, -0.2) is 19.1 Å². The number of para-hydroxylation sites is 2. The summed E-state index contributed by atoms with van der Waals surface area (Å²) in [6, 6.07) is 73.8. The molecule has 0 bridgehead atoms. The monoisotopic (exact) mass is 738 g/mol. The first-order valence-electron chi connectivity index (χ1n) is 19.8. The highest BCUT2D eigenvalue weighted by molar-refractivity contribution is 6.18. The van der Waals surface area contributed by atoms with E-state index in [-0.39, 0.29) is 0 Å². The molecule has 4 nitrogen and oxygen atoms in total. The standard InChI is InChI=1S/C54H34N4/c1-3-16-35(17-4-1)46-34-47(36-18-5-2-6-19-36)56-54(55-46)58-49-28-14-12-25-44(49)53-40(26-15-29-51(53)58)38-30-31-50-45(32-38)43-24-11-13-27-48(43)57(50)52-33-37-20-7-8-21-39(37)41-22-9-10-23-42(41)52/h1-34H. The van der Waals surface area contributed by atoms with E-state index in [1.54, 1.807) is 0 Å². The smallest absolute Gasteiger partial charge is 0.235 e. The Kier molecular flexibility index (Phi) is 7.20. The Bertz CT molecular complexity index is 3500. The van der Waals surface area contributed by atoms with Crippen LogP contribution in [0.5, 0.6) is 0 Å². The second-order valence-corrected chi connectivity index (χ2v) is 15.0. The third-order valence-corrected chi connectivity index (χ3v) is 11.7. The van der Waals surface area contributed by atoms with E-state index in [1.807, 2.05) is 12.1 Å². The van der Waals surface area contributed by atoms with Crippen LogP contribution in [0, 0.1) is 0 Å². The van der Waals surface area contributed by atoms with E-state index in [1.165, 1.54) is 60.0 Å². The van der Waals surface area contributed by atoms with Crippen molar-refractivity contribution in [2.24, 2.45) is 0 Å². The molecular formula is C54H34N4. The van der Waals surface area contributed by atoms with Crippen LogP contribution < -0.4 is 0 Å². The number of hydrogen-bond acceptors (Lipinski definition) is 2. The summed E-state index contributed by atoms with van der Waals surface area (Å²) in [5, 5.41) is 9.78. The first-order chi connectivity index (χ1) is 28.8. The molecule has 0 aliphatic carbocycles. The molecule has 0 atom stereocenters. The molecule has 9 aromatic carbocycles. The van der Waals surface area contributed by atoms with Crippen molar-refractivity contribution in [2.45, 2.75) is 0 Å². The van der Waals surface area contributed by atoms with Gasteiger partial charge in [-0.25, -0.2) is 9.97 Å². The van der Waals surface area contributed by atoms with E-state index in [0.29, 0.717) is 5.95 Å². The largest absolute Gasteiger partial charge is 0.309 e. The zero-order chi connectivity index (χ0) is 38.2. The average molecular weight is 739 g/mol. The lowest BCUT2D eigenvalue weighted by Crippen LogP contribution is -2.04. The van der Waals surface area contributed by atoms with Crippen LogP contribution in [0.15, 0.2) is 206 Å². The Morgan fingerprint density at radius 3 is 1.59 bits per heavy atom. The Hall–Kier alpha value is -7.82. The van der Waals surface area contributed by atoms with E-state index in [2.05, 4.69) is 203 Å². The number of benzene rings is 9. The molecule has 4 heteroatoms. The van der Waals surface area contributed by atoms with Gasteiger partial charge < -0.3 is 4.57 Å². The first-order valence-corrected chi connectivity index (χ1v) is 19.8. The van der Waals surface area contributed by atoms with Gasteiger partial charge in [0.15, 0.2) is 0 Å². The van der Waals surface area contributed by atoms with Crippen molar-refractivity contribution in [2.75, 3.05) is 0 Å². The van der Waals surface area contributed by atoms with Crippen LogP contribution in [-0.2, 0) is 0 Å². The molecule has 0 amide bonds. The quantitative estimate of drug-likeness (QED) is 0.165. The molecule has 0 spiro atoms. The zero-order valence-corrected chi connectivity index (χ0v) is 31.4. The van der Waals surface area contributed by atoms with Gasteiger partial charge in [-0.15, -0.1) is 0 Å². The van der Waals surface area contributed by atoms with Gasteiger partial charge in [-0.2, -0.15) is 0 Å². The van der Waals surface area contributed by atoms with Crippen molar-refractivity contribution in [1.29, 1.82) is 0 Å². The van der Waals surface area contributed by atoms with Crippen LogP contribution in [0.25, 0.3) is 110 Å². The Morgan fingerprint density at radius 1 is 0.310 bits per heavy atom. The Labute approximate surface area is 334 Å². The molecule has 3 heterocycles. The Balaban J connectivity index is 1.10. The highest BCUT2D eigenvalue weighted by atomic mass is 15.2. The molecule has 3 aromatic heterocycles. The summed E-state index contributed by atoms with van der Waals surface area (Å²) < 4.78 is 4.69. The van der Waals surface area contributed by atoms with Crippen LogP contribution in [0.3, 0.4) is 0 Å². The topological polar surface area (TPSA) is 35.6 Å². The zero-order valence-electron chi connectivity index (χ0n) is 31.4. The van der Waals surface area contributed by atoms with Gasteiger partial charge in [-0.1, -0.05) is 164 Å². The number of rotatable bonds is 5. The highest BCUT2D eigenvalue weighted by Crippen LogP contribution is 2.42. The number of fused-ring (bicyclic) bond motifs is 9. The Morgan fingerprint density at radius 2 is 0.862 bits per heavy atom. The van der Waals surface area contributed by atoms with E-state index in [4.69, 9.17) is 9.97 Å². The normalized spacial score (nSPS) is 11.8. The van der Waals surface area contributed by atoms with Crippen molar-refractivity contribution in [1.82, 2.24) is 19.1 Å². The fraction of sp³-hybridized carbons (Fsp3) is 0. The lowest BCUT2D eigenvalue weighted by molar-refractivity contribution is 0.995. The fourth-order valence-electron chi connectivity index (χ4n) is 9.14. The van der Waals surface area contributed by atoms with Crippen molar-refractivity contribution in [3.63, 3.8) is 0 Å². The predicted octanol–water partition coefficient (Wildman–Crippen LogP) is 14.0. The molecule has 12 rings (SSSR count). The second-order valence-electron chi connectivity index (χ2n) is 15.0. The molecule has 0 fully saturated rings. The van der Waals surface area contributed by atoms with E-state index >= 15 is 0 Å². The summed E-state index contributed by atoms with van der Waals surface area (Å²) in [4.78, 5) is 10.5. The van der Waals surface area contributed by atoms with Crippen LogP contribution >= 0.6 is 0 Å². The summed E-state index contributed by atoms with van der Waals surface area (Å²) in [6.07, 6.45) is 0. The van der Waals surface area contributed by atoms with Crippen molar-refractivity contribution in [3.05, 3.63) is 206 Å². The van der Waals surface area contributed by atoms with Gasteiger partial charge in [0.2, 0.25) is 5.95 Å². The second kappa shape index (κ2) is 12.9. The molecule has 0 saturated heterocycles. The molecule has 0 N–H and O–H groups in total. The molecule has 12 aromatic rings. The number of hydrogen-bond donors (Lipinski definition) is 0. The van der Waals surface area contributed by atoms with E-state index in [9.17, 15) is 0 Å². The highest BCUT2D eigenvalue weighted by Gasteiger charge is 2.21. The lowest BCUT2D eigenvalue weighted by Gasteiger charge is -2.14. The summed E-state index contributed by atoms with van der Waals surface area (Å²) in [5.41, 5.74) is 11.9. The van der Waals surface area contributed by atoms with Gasteiger partial charge >= 0.3 is 0 Å². The van der Waals surface area contributed by atoms with E-state index < -0.39 is 0 Å². The third kappa shape index (κ3) is 4.95. The summed E-state index contributed by atoms with van der Waals surface area (Å²) in [5.74, 6) is 0.643. The maximum absolute atomic E-state index is 5.27. The minimum Gasteiger partial charge on any atom is -0.309 e. The number of aromatic nitrogens is 4. The molecular weight excluding hydrogens is 705 g/mol. The molecule has 0 saturated carbocycles. The fourth-order valence-corrected chi connectivity index (χ4v) is 9.14. The lowest BCUT2D eigenvalue weighted by atomic mass is 9.97. The summed E-state index contributed by atoms with van der Waals surface area (Å²) >= 11 is 0. The number of nitrogens with zero attached hydrogens (tertiary/aromatic N) is 4. The summed E-state index contributed by atoms with van der Waals surface area (Å²) in [6.45, 7) is 0. The molecule has 0 unspecified atom stereocenters. The minimum absolute atomic E-state index is 0.643. The maximum Gasteiger partial charge on any atom is 0.235 e. The van der Waals surface area contributed by atoms with Crippen molar-refractivity contribution in [3.8, 4) is 45.3 Å². The summed E-state index contributed by atoms with van der Waals surface area (Å²) in [7, 11) is 0. The molecule has 58 heavy (non-hydrogen) atoms. The van der Waals surface area contributed by atoms with Crippen LogP contribution in [0.4, 0.5) is 0 Å². The molecule has 0 aliphatic rings. The SMILES string of the molecule is c1ccc(-c2cc(-c3ccccc3)nc(-n3c4ccccc4c4c(-c5ccc6c(c5)c5ccccc5n6-c5cc6ccccc6c6ccccc56)cccc43)n2)cc1. The van der Waals surface area contributed by atoms with Crippen LogP contribution in [0.1, 0.15) is 0 Å². The molecule has 0 radical (unpaired) electrons. The van der Waals surface area contributed by atoms with E-state index in [0.717, 1.165) is 44.5 Å². The van der Waals surface area contributed by atoms with Crippen molar-refractivity contribution < 1.29 is 0 Å². The van der Waals surface area contributed by atoms with Gasteiger partial charge in [0.25, 0.3) is 0 Å². The maximum atomic E-state index is 5.27. The van der Waals surface area contributed by atoms with Gasteiger partial charge in [0.05, 0.1) is 39.1 Å². The van der Waals surface area contributed by atoms with Gasteiger partial charge in [0.1, 0.15) is 0 Å². The third-order valence-electron chi connectivity index (χ3n) is 11.7. The van der Waals surface area contributed by atoms with Gasteiger partial charge in [-0.3, -0.25) is 4.57 Å². The minimum atomic E-state index is 0.643. The van der Waals surface area contributed by atoms with Gasteiger partial charge in [0, 0.05) is 38.1 Å². The molecule has 0 aliphatic heterocycles. The first kappa shape index (κ1) is 32.4. The predicted molar refractivity (Wildman–Crippen MR) is 242 cm³/mol. The van der Waals surface area contributed by atoms with Crippen molar-refractivity contribution >= 4 is 65.2 Å². The average Bonchev–Trinajstić information content (AvgIpc) is 3.82. The van der Waals surface area contributed by atoms with Gasteiger partial charge in [-0.05, 0) is 69.8 Å². The molecule has 270 valence electrons.